The summed E-state index contributed by atoms with van der Waals surface area (Å²) < 4.78 is 5.67. The molecule has 2 aliphatic heterocycles. The van der Waals surface area contributed by atoms with E-state index >= 15 is 0 Å². The summed E-state index contributed by atoms with van der Waals surface area (Å²) >= 11 is 2.01. The van der Waals surface area contributed by atoms with Gasteiger partial charge >= 0.3 is 0 Å². The molecule has 2 aliphatic rings. The molecule has 2 fully saturated rings. The van der Waals surface area contributed by atoms with E-state index in [2.05, 4.69) is 10.0 Å². The van der Waals surface area contributed by atoms with Crippen LogP contribution < -0.4 is 0 Å². The first-order valence-corrected chi connectivity index (χ1v) is 6.23. The summed E-state index contributed by atoms with van der Waals surface area (Å²) in [5, 5.41) is 3.65. The smallest absolute Gasteiger partial charge is 0.0696 e. The first-order chi connectivity index (χ1) is 6.87. The molecule has 0 bridgehead atoms. The van der Waals surface area contributed by atoms with Crippen LogP contribution in [0.15, 0.2) is 5.11 Å². The first kappa shape index (κ1) is 10.1. The van der Waals surface area contributed by atoms with Crippen LogP contribution in [0.25, 0.3) is 10.4 Å². The molecular formula is C9H15N3OS. The number of rotatable bonds is 2. The Hall–Kier alpha value is -0.380. The average Bonchev–Trinajstić information content (AvgIpc) is 2.59. The van der Waals surface area contributed by atoms with E-state index in [1.54, 1.807) is 0 Å². The van der Waals surface area contributed by atoms with Crippen LogP contribution in [0.4, 0.5) is 0 Å². The van der Waals surface area contributed by atoms with E-state index in [1.807, 2.05) is 11.8 Å². The lowest BCUT2D eigenvalue weighted by Gasteiger charge is -2.36. The van der Waals surface area contributed by atoms with Crippen molar-refractivity contribution in [3.8, 4) is 0 Å². The van der Waals surface area contributed by atoms with E-state index in [-0.39, 0.29) is 6.10 Å². The predicted molar refractivity (Wildman–Crippen MR) is 57.4 cm³/mol. The summed E-state index contributed by atoms with van der Waals surface area (Å²) in [5.74, 6) is 2.45. The van der Waals surface area contributed by atoms with Crippen LogP contribution in [-0.4, -0.2) is 30.8 Å². The van der Waals surface area contributed by atoms with Crippen molar-refractivity contribution < 1.29 is 4.74 Å². The largest absolute Gasteiger partial charge is 0.377 e. The third kappa shape index (κ3) is 1.85. The molecule has 0 aromatic heterocycles. The van der Waals surface area contributed by atoms with Crippen LogP contribution in [0.5, 0.6) is 0 Å². The normalized spacial score (nSPS) is 37.0. The zero-order valence-corrected chi connectivity index (χ0v) is 9.00. The van der Waals surface area contributed by atoms with Gasteiger partial charge in [-0.2, -0.15) is 11.8 Å². The molecule has 14 heavy (non-hydrogen) atoms. The molecule has 0 aromatic carbocycles. The molecule has 2 heterocycles. The molecule has 0 amide bonds. The predicted octanol–water partition coefficient (Wildman–Crippen LogP) is 2.60. The molecule has 4 nitrogen and oxygen atoms in total. The lowest BCUT2D eigenvalue weighted by atomic mass is 9.78. The van der Waals surface area contributed by atoms with Crippen molar-refractivity contribution in [2.45, 2.75) is 25.4 Å². The molecule has 1 spiro atoms. The Morgan fingerprint density at radius 1 is 1.57 bits per heavy atom. The van der Waals surface area contributed by atoms with E-state index in [1.165, 1.54) is 24.3 Å². The highest BCUT2D eigenvalue weighted by atomic mass is 32.2. The first-order valence-electron chi connectivity index (χ1n) is 5.08. The minimum Gasteiger partial charge on any atom is -0.377 e. The Bertz CT molecular complexity index is 246. The van der Waals surface area contributed by atoms with Crippen molar-refractivity contribution in [1.82, 2.24) is 0 Å². The van der Waals surface area contributed by atoms with Gasteiger partial charge in [-0.15, -0.1) is 0 Å². The van der Waals surface area contributed by atoms with Crippen molar-refractivity contribution >= 4 is 11.8 Å². The second kappa shape index (κ2) is 4.43. The van der Waals surface area contributed by atoms with E-state index in [0.717, 1.165) is 13.0 Å². The number of hydrogen-bond acceptors (Lipinski definition) is 3. The molecule has 0 radical (unpaired) electrons. The maximum absolute atomic E-state index is 8.31. The quantitative estimate of drug-likeness (QED) is 0.402. The highest BCUT2D eigenvalue weighted by Crippen LogP contribution is 2.45. The maximum Gasteiger partial charge on any atom is 0.0696 e. The summed E-state index contributed by atoms with van der Waals surface area (Å²) in [6.07, 6.45) is 3.84. The average molecular weight is 213 g/mol. The highest BCUT2D eigenvalue weighted by molar-refractivity contribution is 7.99. The van der Waals surface area contributed by atoms with Gasteiger partial charge < -0.3 is 4.74 Å². The van der Waals surface area contributed by atoms with Gasteiger partial charge in [0.2, 0.25) is 0 Å². The second-order valence-corrected chi connectivity index (χ2v) is 5.15. The molecule has 78 valence electrons. The molecule has 2 rings (SSSR count). The van der Waals surface area contributed by atoms with E-state index < -0.39 is 0 Å². The maximum atomic E-state index is 8.31. The van der Waals surface area contributed by atoms with Gasteiger partial charge in [-0.3, -0.25) is 0 Å². The van der Waals surface area contributed by atoms with Crippen molar-refractivity contribution in [3.63, 3.8) is 0 Å². The van der Waals surface area contributed by atoms with Crippen molar-refractivity contribution in [2.75, 3.05) is 24.7 Å². The van der Waals surface area contributed by atoms with Gasteiger partial charge in [0.1, 0.15) is 0 Å². The summed E-state index contributed by atoms with van der Waals surface area (Å²) in [5.41, 5.74) is 8.63. The van der Waals surface area contributed by atoms with Crippen LogP contribution in [0.3, 0.4) is 0 Å². The lowest BCUT2D eigenvalue weighted by Crippen LogP contribution is -2.37. The van der Waals surface area contributed by atoms with Crippen LogP contribution >= 0.6 is 11.8 Å². The Balaban J connectivity index is 2.03. The molecule has 5 heteroatoms. The third-order valence-electron chi connectivity index (χ3n) is 3.27. The van der Waals surface area contributed by atoms with E-state index in [0.29, 0.717) is 12.0 Å². The monoisotopic (exact) mass is 213 g/mol. The zero-order valence-electron chi connectivity index (χ0n) is 8.19. The van der Waals surface area contributed by atoms with Crippen molar-refractivity contribution in [1.29, 1.82) is 0 Å². The second-order valence-electron chi connectivity index (χ2n) is 4.04. The van der Waals surface area contributed by atoms with Gasteiger partial charge in [-0.25, -0.2) is 0 Å². The topological polar surface area (TPSA) is 58.0 Å². The Morgan fingerprint density at radius 3 is 3.21 bits per heavy atom. The van der Waals surface area contributed by atoms with Crippen molar-refractivity contribution in [2.24, 2.45) is 10.5 Å². The van der Waals surface area contributed by atoms with Crippen LogP contribution in [0, 0.1) is 5.41 Å². The summed E-state index contributed by atoms with van der Waals surface area (Å²) in [4.78, 5) is 2.82. The molecule has 0 saturated carbocycles. The van der Waals surface area contributed by atoms with Crippen LogP contribution in [-0.2, 0) is 4.74 Å². The van der Waals surface area contributed by atoms with Gasteiger partial charge in [0, 0.05) is 22.7 Å². The highest BCUT2D eigenvalue weighted by Gasteiger charge is 2.44. The summed E-state index contributed by atoms with van der Waals surface area (Å²) in [6.45, 7) is 1.35. The SMILES string of the molecule is [N-]=[N+]=NCC1OCCC12CCCSC2. The van der Waals surface area contributed by atoms with Crippen LogP contribution in [0.2, 0.25) is 0 Å². The minimum absolute atomic E-state index is 0.172. The van der Waals surface area contributed by atoms with Gasteiger partial charge in [0.25, 0.3) is 0 Å². The van der Waals surface area contributed by atoms with E-state index in [4.69, 9.17) is 10.3 Å². The molecule has 0 aliphatic carbocycles. The lowest BCUT2D eigenvalue weighted by molar-refractivity contribution is 0.0604. The molecular weight excluding hydrogens is 198 g/mol. The Morgan fingerprint density at radius 2 is 2.50 bits per heavy atom. The van der Waals surface area contributed by atoms with Gasteiger partial charge in [-0.1, -0.05) is 5.11 Å². The third-order valence-corrected chi connectivity index (χ3v) is 4.62. The fraction of sp³-hybridized carbons (Fsp3) is 1.00. The van der Waals surface area contributed by atoms with Gasteiger partial charge in [0.05, 0.1) is 12.6 Å². The number of ether oxygens (including phenoxy) is 1. The van der Waals surface area contributed by atoms with Crippen molar-refractivity contribution in [3.05, 3.63) is 10.4 Å². The Kier molecular flexibility index (Phi) is 3.21. The summed E-state index contributed by atoms with van der Waals surface area (Å²) in [7, 11) is 0. The molecule has 2 atom stereocenters. The number of hydrogen-bond donors (Lipinski definition) is 0. The standard InChI is InChI=1S/C9H15N3OS/c10-12-11-6-8-9(3-4-13-8)2-1-5-14-7-9/h8H,1-7H2. The fourth-order valence-corrected chi connectivity index (χ4v) is 3.80. The number of thioether (sulfide) groups is 1. The fourth-order valence-electron chi connectivity index (χ4n) is 2.42. The van der Waals surface area contributed by atoms with Gasteiger partial charge in [-0.05, 0) is 30.5 Å². The van der Waals surface area contributed by atoms with Crippen LogP contribution in [0.1, 0.15) is 19.3 Å². The Labute approximate surface area is 88.0 Å². The molecule has 2 saturated heterocycles. The molecule has 0 N–H and O–H groups in total. The number of nitrogens with zero attached hydrogens (tertiary/aromatic N) is 3. The zero-order chi connectivity index (χ0) is 9.86. The summed E-state index contributed by atoms with van der Waals surface area (Å²) in [6, 6.07) is 0. The van der Waals surface area contributed by atoms with E-state index in [9.17, 15) is 0 Å². The van der Waals surface area contributed by atoms with Gasteiger partial charge in [0.15, 0.2) is 0 Å². The molecule has 0 aromatic rings. The minimum atomic E-state index is 0.172. The number of azide groups is 1. The molecule has 2 unspecified atom stereocenters.